The largest absolute Gasteiger partial charge is 0.456 e. The summed E-state index contributed by atoms with van der Waals surface area (Å²) < 4.78 is 16.5. The molecule has 1 heterocycles. The van der Waals surface area contributed by atoms with Gasteiger partial charge in [-0.05, 0) is 54.4 Å². The van der Waals surface area contributed by atoms with Crippen LogP contribution in [-0.4, -0.2) is 11.9 Å². The zero-order chi connectivity index (χ0) is 21.3. The Kier molecular flexibility index (Phi) is 4.94. The Morgan fingerprint density at radius 3 is 2.17 bits per heavy atom. The van der Waals surface area contributed by atoms with E-state index in [4.69, 9.17) is 13.9 Å². The fourth-order valence-corrected chi connectivity index (χ4v) is 3.27. The maximum absolute atomic E-state index is 11.5. The first-order chi connectivity index (χ1) is 14.5. The minimum Gasteiger partial charge on any atom is -0.456 e. The van der Waals surface area contributed by atoms with Crippen LogP contribution in [-0.2, 0) is 9.59 Å². The van der Waals surface area contributed by atoms with E-state index in [1.54, 1.807) is 18.2 Å². The molecule has 4 aromatic rings. The minimum atomic E-state index is -0.516. The highest BCUT2D eigenvalue weighted by molar-refractivity contribution is 6.07. The first kappa shape index (κ1) is 19.2. The summed E-state index contributed by atoms with van der Waals surface area (Å²) in [6, 6.07) is 16.8. The number of carbonyl (C=O) groups excluding carboxylic acids is 2. The molecule has 0 spiro atoms. The summed E-state index contributed by atoms with van der Waals surface area (Å²) in [5.41, 5.74) is 4.05. The zero-order valence-corrected chi connectivity index (χ0v) is 16.3. The van der Waals surface area contributed by atoms with E-state index in [0.717, 1.165) is 45.2 Å². The monoisotopic (exact) mass is 398 g/mol. The second-order valence-electron chi connectivity index (χ2n) is 6.65. The van der Waals surface area contributed by atoms with Crippen molar-refractivity contribution in [1.82, 2.24) is 0 Å². The van der Waals surface area contributed by atoms with Gasteiger partial charge in [0, 0.05) is 28.5 Å². The number of furan rings is 1. The average Bonchev–Trinajstić information content (AvgIpc) is 3.14. The van der Waals surface area contributed by atoms with Crippen molar-refractivity contribution in [3.05, 3.63) is 85.5 Å². The molecule has 5 heteroatoms. The van der Waals surface area contributed by atoms with Crippen LogP contribution in [0.15, 0.2) is 84.3 Å². The van der Waals surface area contributed by atoms with Crippen LogP contribution in [0.3, 0.4) is 0 Å². The fraction of sp³-hybridized carbons (Fsp3) is 0.0400. The molecule has 0 aliphatic rings. The lowest BCUT2D eigenvalue weighted by molar-refractivity contribution is -0.129. The van der Waals surface area contributed by atoms with Crippen LogP contribution in [0.1, 0.15) is 5.56 Å². The number of aryl methyl sites for hydroxylation is 1. The van der Waals surface area contributed by atoms with E-state index in [-0.39, 0.29) is 0 Å². The van der Waals surface area contributed by atoms with Crippen molar-refractivity contribution in [3.8, 4) is 22.6 Å². The molecule has 0 bridgehead atoms. The lowest BCUT2D eigenvalue weighted by Gasteiger charge is -2.05. The number of hydrogen-bond acceptors (Lipinski definition) is 5. The zero-order valence-electron chi connectivity index (χ0n) is 16.3. The van der Waals surface area contributed by atoms with Crippen molar-refractivity contribution in [2.24, 2.45) is 0 Å². The highest BCUT2D eigenvalue weighted by atomic mass is 16.5. The van der Waals surface area contributed by atoms with E-state index in [1.165, 1.54) is 0 Å². The lowest BCUT2D eigenvalue weighted by atomic mass is 10.0. The molecule has 3 aromatic carbocycles. The molecule has 0 unspecified atom stereocenters. The molecule has 0 N–H and O–H groups in total. The van der Waals surface area contributed by atoms with Crippen molar-refractivity contribution >= 4 is 33.9 Å². The van der Waals surface area contributed by atoms with Crippen molar-refractivity contribution in [1.29, 1.82) is 0 Å². The Morgan fingerprint density at radius 2 is 1.47 bits per heavy atom. The van der Waals surface area contributed by atoms with E-state index >= 15 is 0 Å². The second-order valence-corrected chi connectivity index (χ2v) is 6.65. The summed E-state index contributed by atoms with van der Waals surface area (Å²) in [6.45, 7) is 8.65. The molecule has 0 aliphatic heterocycles. The number of esters is 2. The minimum absolute atomic E-state index is 0.441. The van der Waals surface area contributed by atoms with E-state index < -0.39 is 11.9 Å². The van der Waals surface area contributed by atoms with Crippen LogP contribution >= 0.6 is 0 Å². The molecule has 0 radical (unpaired) electrons. The second kappa shape index (κ2) is 7.72. The molecule has 0 atom stereocenters. The molecular weight excluding hydrogens is 380 g/mol. The smallest absolute Gasteiger partial charge is 0.335 e. The standard InChI is InChI=1S/C25H18O5/c1-4-23(26)28-18-9-6-16(7-10-18)17-8-11-19-20-12-13-21(29-24(27)5-2)15(3)25(20)30-22(19)14-17/h4-14H,1-2H2,3H3. The fourth-order valence-electron chi connectivity index (χ4n) is 3.27. The summed E-state index contributed by atoms with van der Waals surface area (Å²) in [5.74, 6) is -0.125. The third-order valence-electron chi connectivity index (χ3n) is 4.79. The Balaban J connectivity index is 1.72. The normalized spacial score (nSPS) is 10.7. The van der Waals surface area contributed by atoms with Crippen molar-refractivity contribution in [3.63, 3.8) is 0 Å². The first-order valence-corrected chi connectivity index (χ1v) is 9.25. The molecule has 30 heavy (non-hydrogen) atoms. The number of fused-ring (bicyclic) bond motifs is 3. The Bertz CT molecular complexity index is 1310. The van der Waals surface area contributed by atoms with Crippen LogP contribution in [0.25, 0.3) is 33.1 Å². The quantitative estimate of drug-likeness (QED) is 0.243. The first-order valence-electron chi connectivity index (χ1n) is 9.25. The molecular formula is C25H18O5. The predicted octanol–water partition coefficient (Wildman–Crippen LogP) is 5.74. The van der Waals surface area contributed by atoms with Crippen LogP contribution in [0.2, 0.25) is 0 Å². The van der Waals surface area contributed by atoms with Crippen LogP contribution < -0.4 is 9.47 Å². The van der Waals surface area contributed by atoms with Crippen LogP contribution in [0.5, 0.6) is 11.5 Å². The molecule has 4 rings (SSSR count). The number of rotatable bonds is 5. The van der Waals surface area contributed by atoms with Gasteiger partial charge in [0.1, 0.15) is 22.7 Å². The predicted molar refractivity (Wildman–Crippen MR) is 116 cm³/mol. The molecule has 5 nitrogen and oxygen atoms in total. The van der Waals surface area contributed by atoms with Gasteiger partial charge in [0.15, 0.2) is 0 Å². The molecule has 0 saturated heterocycles. The highest BCUT2D eigenvalue weighted by Crippen LogP contribution is 2.37. The number of hydrogen-bond donors (Lipinski definition) is 0. The SMILES string of the molecule is C=CC(=O)Oc1ccc(-c2ccc3c(c2)oc2c(C)c(OC(=O)C=C)ccc23)cc1. The summed E-state index contributed by atoms with van der Waals surface area (Å²) in [5, 5.41) is 1.91. The highest BCUT2D eigenvalue weighted by Gasteiger charge is 2.15. The van der Waals surface area contributed by atoms with Crippen LogP contribution in [0.4, 0.5) is 0 Å². The van der Waals surface area contributed by atoms with E-state index in [0.29, 0.717) is 17.1 Å². The average molecular weight is 398 g/mol. The van der Waals surface area contributed by atoms with Gasteiger partial charge >= 0.3 is 11.9 Å². The number of benzene rings is 3. The Labute approximate surface area is 172 Å². The van der Waals surface area contributed by atoms with Crippen molar-refractivity contribution in [2.45, 2.75) is 6.92 Å². The maximum atomic E-state index is 11.5. The summed E-state index contributed by atoms with van der Waals surface area (Å²) >= 11 is 0. The maximum Gasteiger partial charge on any atom is 0.335 e. The Morgan fingerprint density at radius 1 is 0.833 bits per heavy atom. The van der Waals surface area contributed by atoms with Crippen molar-refractivity contribution in [2.75, 3.05) is 0 Å². The third kappa shape index (κ3) is 3.49. The van der Waals surface area contributed by atoms with Gasteiger partial charge in [0.25, 0.3) is 0 Å². The van der Waals surface area contributed by atoms with Crippen molar-refractivity contribution < 1.29 is 23.5 Å². The van der Waals surface area contributed by atoms with Gasteiger partial charge in [0.2, 0.25) is 0 Å². The van der Waals surface area contributed by atoms with Gasteiger partial charge in [-0.3, -0.25) is 0 Å². The molecule has 0 aliphatic carbocycles. The molecule has 0 amide bonds. The topological polar surface area (TPSA) is 65.7 Å². The Hall–Kier alpha value is -4.12. The van der Waals surface area contributed by atoms with Gasteiger partial charge in [-0.2, -0.15) is 0 Å². The van der Waals surface area contributed by atoms with Gasteiger partial charge in [0.05, 0.1) is 0 Å². The summed E-state index contributed by atoms with van der Waals surface area (Å²) in [6.07, 6.45) is 2.24. The van der Waals surface area contributed by atoms with Gasteiger partial charge < -0.3 is 13.9 Å². The van der Waals surface area contributed by atoms with E-state index in [1.807, 2.05) is 43.3 Å². The van der Waals surface area contributed by atoms with E-state index in [2.05, 4.69) is 13.2 Å². The molecule has 148 valence electrons. The van der Waals surface area contributed by atoms with E-state index in [9.17, 15) is 9.59 Å². The van der Waals surface area contributed by atoms with Gasteiger partial charge in [-0.1, -0.05) is 31.4 Å². The summed E-state index contributed by atoms with van der Waals surface area (Å²) in [7, 11) is 0. The number of ether oxygens (including phenoxy) is 2. The molecule has 0 saturated carbocycles. The van der Waals surface area contributed by atoms with Gasteiger partial charge in [-0.15, -0.1) is 0 Å². The molecule has 1 aromatic heterocycles. The summed E-state index contributed by atoms with van der Waals surface area (Å²) in [4.78, 5) is 22.9. The van der Waals surface area contributed by atoms with Gasteiger partial charge in [-0.25, -0.2) is 9.59 Å². The van der Waals surface area contributed by atoms with Crippen LogP contribution in [0, 0.1) is 6.92 Å². The third-order valence-corrected chi connectivity index (χ3v) is 4.79. The number of carbonyl (C=O) groups is 2. The molecule has 0 fully saturated rings. The lowest BCUT2D eigenvalue weighted by Crippen LogP contribution is -2.04.